The number of nitrogens with zero attached hydrogens (tertiary/aromatic N) is 3. The molecule has 0 aromatic carbocycles. The maximum absolute atomic E-state index is 4.32. The van der Waals surface area contributed by atoms with Gasteiger partial charge in [0, 0.05) is 26.2 Å². The van der Waals surface area contributed by atoms with Gasteiger partial charge in [-0.2, -0.15) is 0 Å². The summed E-state index contributed by atoms with van der Waals surface area (Å²) in [6.07, 6.45) is 6.43. The summed E-state index contributed by atoms with van der Waals surface area (Å²) in [4.78, 5) is 10.7. The van der Waals surface area contributed by atoms with E-state index in [1.165, 1.54) is 19.3 Å². The van der Waals surface area contributed by atoms with Crippen molar-refractivity contribution >= 4 is 11.6 Å². The van der Waals surface area contributed by atoms with Crippen molar-refractivity contribution in [3.05, 3.63) is 12.4 Å². The third-order valence-corrected chi connectivity index (χ3v) is 3.05. The first-order valence-electron chi connectivity index (χ1n) is 7.19. The van der Waals surface area contributed by atoms with Crippen LogP contribution in [-0.2, 0) is 0 Å². The molecule has 5 nitrogen and oxygen atoms in total. The van der Waals surface area contributed by atoms with Crippen LogP contribution in [0.1, 0.15) is 32.6 Å². The second-order valence-corrected chi connectivity index (χ2v) is 4.77. The van der Waals surface area contributed by atoms with Crippen LogP contribution in [0.5, 0.6) is 0 Å². The lowest BCUT2D eigenvalue weighted by Gasteiger charge is -2.18. The zero-order valence-corrected chi connectivity index (χ0v) is 12.4. The second-order valence-electron chi connectivity index (χ2n) is 4.77. The first-order valence-corrected chi connectivity index (χ1v) is 7.19. The lowest BCUT2D eigenvalue weighted by atomic mass is 10.2. The Hall–Kier alpha value is -1.36. The van der Waals surface area contributed by atoms with Crippen LogP contribution in [0.4, 0.5) is 11.6 Å². The zero-order chi connectivity index (χ0) is 13.9. The minimum atomic E-state index is 0.918. The SMILES string of the molecule is CCCCCNc1cc(N(C)CCCNC)ncn1. The van der Waals surface area contributed by atoms with Crippen LogP contribution >= 0.6 is 0 Å². The fourth-order valence-electron chi connectivity index (χ4n) is 1.85. The molecule has 0 aliphatic carbocycles. The van der Waals surface area contributed by atoms with Gasteiger partial charge in [-0.1, -0.05) is 19.8 Å². The Morgan fingerprint density at radius 3 is 2.74 bits per heavy atom. The highest BCUT2D eigenvalue weighted by atomic mass is 15.2. The fraction of sp³-hybridized carbons (Fsp3) is 0.714. The molecule has 0 unspecified atom stereocenters. The maximum atomic E-state index is 4.32. The molecule has 108 valence electrons. The van der Waals surface area contributed by atoms with Gasteiger partial charge in [-0.3, -0.25) is 0 Å². The van der Waals surface area contributed by atoms with Gasteiger partial charge in [0.15, 0.2) is 0 Å². The van der Waals surface area contributed by atoms with Crippen LogP contribution in [0.25, 0.3) is 0 Å². The van der Waals surface area contributed by atoms with E-state index in [2.05, 4.69) is 39.5 Å². The highest BCUT2D eigenvalue weighted by molar-refractivity contribution is 5.47. The van der Waals surface area contributed by atoms with Gasteiger partial charge in [-0.15, -0.1) is 0 Å². The summed E-state index contributed by atoms with van der Waals surface area (Å²) < 4.78 is 0. The van der Waals surface area contributed by atoms with Crippen molar-refractivity contribution in [2.45, 2.75) is 32.6 Å². The quantitative estimate of drug-likeness (QED) is 0.635. The Morgan fingerprint density at radius 2 is 2.00 bits per heavy atom. The summed E-state index contributed by atoms with van der Waals surface area (Å²) in [5.41, 5.74) is 0. The Kier molecular flexibility index (Phi) is 7.89. The number of hydrogen-bond donors (Lipinski definition) is 2. The smallest absolute Gasteiger partial charge is 0.133 e. The first kappa shape index (κ1) is 15.7. The maximum Gasteiger partial charge on any atom is 0.133 e. The molecule has 0 aliphatic rings. The Labute approximate surface area is 116 Å². The van der Waals surface area contributed by atoms with Gasteiger partial charge in [0.1, 0.15) is 18.0 Å². The molecule has 0 aliphatic heterocycles. The first-order chi connectivity index (χ1) is 9.27. The molecule has 0 radical (unpaired) electrons. The molecule has 19 heavy (non-hydrogen) atoms. The van der Waals surface area contributed by atoms with Crippen LogP contribution in [0, 0.1) is 0 Å². The number of anilines is 2. The standard InChI is InChI=1S/C14H27N5/c1-4-5-6-9-16-13-11-14(18-12-17-13)19(3)10-7-8-15-2/h11-12,15H,4-10H2,1-3H3,(H,16,17,18). The fourth-order valence-corrected chi connectivity index (χ4v) is 1.85. The van der Waals surface area contributed by atoms with E-state index in [0.717, 1.165) is 37.7 Å². The van der Waals surface area contributed by atoms with Crippen molar-refractivity contribution < 1.29 is 0 Å². The van der Waals surface area contributed by atoms with Crippen molar-refractivity contribution in [1.29, 1.82) is 0 Å². The van der Waals surface area contributed by atoms with E-state index < -0.39 is 0 Å². The Balaban J connectivity index is 2.41. The molecule has 1 rings (SSSR count). The highest BCUT2D eigenvalue weighted by Crippen LogP contribution is 2.12. The summed E-state index contributed by atoms with van der Waals surface area (Å²) in [5, 5.41) is 6.51. The van der Waals surface area contributed by atoms with Crippen molar-refractivity contribution in [3.63, 3.8) is 0 Å². The topological polar surface area (TPSA) is 53.1 Å². The largest absolute Gasteiger partial charge is 0.370 e. The van der Waals surface area contributed by atoms with Gasteiger partial charge >= 0.3 is 0 Å². The molecular formula is C14H27N5. The molecule has 0 saturated carbocycles. The van der Waals surface area contributed by atoms with E-state index in [-0.39, 0.29) is 0 Å². The third kappa shape index (κ3) is 6.38. The van der Waals surface area contributed by atoms with E-state index in [1.54, 1.807) is 6.33 Å². The normalized spacial score (nSPS) is 10.5. The molecule has 1 aromatic rings. The van der Waals surface area contributed by atoms with E-state index in [4.69, 9.17) is 0 Å². The summed E-state index contributed by atoms with van der Waals surface area (Å²) in [6.45, 7) is 5.21. The Morgan fingerprint density at radius 1 is 1.16 bits per heavy atom. The van der Waals surface area contributed by atoms with E-state index in [1.807, 2.05) is 13.1 Å². The number of rotatable bonds is 10. The average molecular weight is 265 g/mol. The van der Waals surface area contributed by atoms with Crippen LogP contribution < -0.4 is 15.5 Å². The van der Waals surface area contributed by atoms with Crippen molar-refractivity contribution in [2.24, 2.45) is 0 Å². The van der Waals surface area contributed by atoms with Crippen LogP contribution in [-0.4, -0.2) is 43.7 Å². The molecule has 0 amide bonds. The monoisotopic (exact) mass is 265 g/mol. The number of aromatic nitrogens is 2. The van der Waals surface area contributed by atoms with E-state index in [9.17, 15) is 0 Å². The van der Waals surface area contributed by atoms with Crippen molar-refractivity contribution in [1.82, 2.24) is 15.3 Å². The lowest BCUT2D eigenvalue weighted by Crippen LogP contribution is -2.23. The summed E-state index contributed by atoms with van der Waals surface area (Å²) in [5.74, 6) is 1.89. The van der Waals surface area contributed by atoms with Crippen LogP contribution in [0.2, 0.25) is 0 Å². The van der Waals surface area contributed by atoms with Gasteiger partial charge in [0.05, 0.1) is 0 Å². The van der Waals surface area contributed by atoms with Gasteiger partial charge in [-0.25, -0.2) is 9.97 Å². The summed E-state index contributed by atoms with van der Waals surface area (Å²) in [6, 6.07) is 2.02. The molecule has 5 heteroatoms. The van der Waals surface area contributed by atoms with Gasteiger partial charge in [0.25, 0.3) is 0 Å². The molecule has 1 heterocycles. The highest BCUT2D eigenvalue weighted by Gasteiger charge is 2.03. The Bertz CT molecular complexity index is 342. The minimum Gasteiger partial charge on any atom is -0.370 e. The van der Waals surface area contributed by atoms with Crippen molar-refractivity contribution in [3.8, 4) is 0 Å². The van der Waals surface area contributed by atoms with Crippen LogP contribution in [0.15, 0.2) is 12.4 Å². The molecule has 1 aromatic heterocycles. The van der Waals surface area contributed by atoms with E-state index in [0.29, 0.717) is 0 Å². The molecule has 0 bridgehead atoms. The average Bonchev–Trinajstić information content (AvgIpc) is 2.44. The second kappa shape index (κ2) is 9.55. The van der Waals surface area contributed by atoms with Gasteiger partial charge < -0.3 is 15.5 Å². The molecule has 0 spiro atoms. The van der Waals surface area contributed by atoms with Crippen molar-refractivity contribution in [2.75, 3.05) is 43.9 Å². The number of unbranched alkanes of at least 4 members (excludes halogenated alkanes) is 2. The molecule has 0 atom stereocenters. The van der Waals surface area contributed by atoms with Crippen LogP contribution in [0.3, 0.4) is 0 Å². The molecular weight excluding hydrogens is 238 g/mol. The minimum absolute atomic E-state index is 0.918. The van der Waals surface area contributed by atoms with Gasteiger partial charge in [-0.05, 0) is 26.4 Å². The summed E-state index contributed by atoms with van der Waals surface area (Å²) >= 11 is 0. The zero-order valence-electron chi connectivity index (χ0n) is 12.4. The number of hydrogen-bond acceptors (Lipinski definition) is 5. The van der Waals surface area contributed by atoms with Gasteiger partial charge in [0.2, 0.25) is 0 Å². The number of nitrogens with one attached hydrogen (secondary N) is 2. The predicted molar refractivity (Wildman–Crippen MR) is 81.9 cm³/mol. The summed E-state index contributed by atoms with van der Waals surface area (Å²) in [7, 11) is 4.04. The molecule has 0 fully saturated rings. The third-order valence-electron chi connectivity index (χ3n) is 3.05. The molecule has 0 saturated heterocycles. The predicted octanol–water partition coefficient (Wildman–Crippen LogP) is 2.12. The molecule has 2 N–H and O–H groups in total. The lowest BCUT2D eigenvalue weighted by molar-refractivity contribution is 0.708. The van der Waals surface area contributed by atoms with E-state index >= 15 is 0 Å².